The molecule has 0 aliphatic heterocycles. The minimum atomic E-state index is -0.349. The van der Waals surface area contributed by atoms with Crippen molar-refractivity contribution in [3.05, 3.63) is 83.9 Å². The van der Waals surface area contributed by atoms with Crippen LogP contribution in [0.3, 0.4) is 0 Å². The summed E-state index contributed by atoms with van der Waals surface area (Å²) in [5.74, 6) is -0.181. The number of thioether (sulfide) groups is 1. The fraction of sp³-hybridized carbons (Fsp3) is 0.0909. The second kappa shape index (κ2) is 9.10. The molecule has 0 fully saturated rings. The highest BCUT2D eigenvalue weighted by atomic mass is 32.2. The van der Waals surface area contributed by atoms with E-state index in [0.29, 0.717) is 22.6 Å². The molecule has 0 saturated heterocycles. The van der Waals surface area contributed by atoms with Gasteiger partial charge in [0.25, 0.3) is 5.91 Å². The van der Waals surface area contributed by atoms with Crippen molar-refractivity contribution >= 4 is 40.8 Å². The van der Waals surface area contributed by atoms with Crippen molar-refractivity contribution in [3.8, 4) is 0 Å². The molecule has 3 rings (SSSR count). The third-order valence-corrected chi connectivity index (χ3v) is 4.82. The lowest BCUT2D eigenvalue weighted by atomic mass is 10.1. The number of nitrogens with one attached hydrogen (secondary N) is 3. The maximum Gasteiger partial charge on any atom is 0.323 e. The molecule has 0 aliphatic carbocycles. The van der Waals surface area contributed by atoms with Crippen LogP contribution in [0.4, 0.5) is 21.9 Å². The molecule has 0 unspecified atom stereocenters. The highest BCUT2D eigenvalue weighted by Crippen LogP contribution is 2.21. The molecule has 0 atom stereocenters. The zero-order chi connectivity index (χ0) is 19.9. The van der Waals surface area contributed by atoms with Crippen LogP contribution in [0.2, 0.25) is 0 Å². The van der Waals surface area contributed by atoms with E-state index in [2.05, 4.69) is 16.0 Å². The second-order valence-electron chi connectivity index (χ2n) is 6.16. The third-order valence-electron chi connectivity index (χ3n) is 4.10. The van der Waals surface area contributed by atoms with Gasteiger partial charge in [-0.25, -0.2) is 4.79 Å². The van der Waals surface area contributed by atoms with Crippen LogP contribution in [0, 0.1) is 6.92 Å². The number of carbonyl (C=O) groups excluding carboxylic acids is 2. The summed E-state index contributed by atoms with van der Waals surface area (Å²) in [4.78, 5) is 25.8. The van der Waals surface area contributed by atoms with Gasteiger partial charge in [0.05, 0.1) is 0 Å². The Bertz CT molecular complexity index is 990. The fourth-order valence-corrected chi connectivity index (χ4v) is 3.10. The predicted octanol–water partition coefficient (Wildman–Crippen LogP) is 5.61. The van der Waals surface area contributed by atoms with E-state index in [1.165, 1.54) is 0 Å². The van der Waals surface area contributed by atoms with Crippen molar-refractivity contribution in [2.45, 2.75) is 11.8 Å². The Hall–Kier alpha value is -3.25. The number of amides is 3. The normalized spacial score (nSPS) is 10.2. The molecule has 0 aliphatic rings. The van der Waals surface area contributed by atoms with E-state index in [4.69, 9.17) is 0 Å². The van der Waals surface area contributed by atoms with E-state index in [1.807, 2.05) is 49.6 Å². The van der Waals surface area contributed by atoms with Crippen molar-refractivity contribution in [3.63, 3.8) is 0 Å². The molecule has 6 heteroatoms. The fourth-order valence-electron chi connectivity index (χ4n) is 2.66. The zero-order valence-electron chi connectivity index (χ0n) is 15.7. The van der Waals surface area contributed by atoms with Gasteiger partial charge in [-0.15, -0.1) is 11.8 Å². The number of benzene rings is 3. The maximum atomic E-state index is 12.7. The number of urea groups is 1. The molecule has 0 heterocycles. The quantitative estimate of drug-likeness (QED) is 0.495. The summed E-state index contributed by atoms with van der Waals surface area (Å²) in [5.41, 5.74) is 3.43. The molecule has 3 amide bonds. The topological polar surface area (TPSA) is 70.2 Å². The summed E-state index contributed by atoms with van der Waals surface area (Å²) in [6, 6.07) is 21.7. The van der Waals surface area contributed by atoms with Crippen LogP contribution in [0.5, 0.6) is 0 Å². The Morgan fingerprint density at radius 1 is 0.750 bits per heavy atom. The number of anilines is 3. The second-order valence-corrected chi connectivity index (χ2v) is 7.04. The van der Waals surface area contributed by atoms with Gasteiger partial charge in [-0.3, -0.25) is 4.79 Å². The van der Waals surface area contributed by atoms with Crippen molar-refractivity contribution in [2.24, 2.45) is 0 Å². The molecule has 0 bridgehead atoms. The average molecular weight is 391 g/mol. The summed E-state index contributed by atoms with van der Waals surface area (Å²) >= 11 is 1.59. The van der Waals surface area contributed by atoms with E-state index >= 15 is 0 Å². The number of rotatable bonds is 5. The summed E-state index contributed by atoms with van der Waals surface area (Å²) < 4.78 is 0. The summed E-state index contributed by atoms with van der Waals surface area (Å²) in [5, 5.41) is 8.42. The van der Waals surface area contributed by atoms with Crippen molar-refractivity contribution in [1.29, 1.82) is 0 Å². The van der Waals surface area contributed by atoms with E-state index in [-0.39, 0.29) is 11.9 Å². The Kier molecular flexibility index (Phi) is 6.34. The zero-order valence-corrected chi connectivity index (χ0v) is 16.5. The smallest absolute Gasteiger partial charge is 0.322 e. The van der Waals surface area contributed by atoms with Gasteiger partial charge < -0.3 is 16.0 Å². The van der Waals surface area contributed by atoms with Crippen molar-refractivity contribution < 1.29 is 9.59 Å². The molecule has 0 radical (unpaired) electrons. The van der Waals surface area contributed by atoms with Crippen LogP contribution in [-0.2, 0) is 0 Å². The predicted molar refractivity (Wildman–Crippen MR) is 116 cm³/mol. The van der Waals surface area contributed by atoms with Crippen LogP contribution < -0.4 is 16.0 Å². The number of aryl methyl sites for hydroxylation is 1. The number of hydrogen-bond acceptors (Lipinski definition) is 3. The van der Waals surface area contributed by atoms with Gasteiger partial charge in [0.1, 0.15) is 0 Å². The largest absolute Gasteiger partial charge is 0.323 e. The van der Waals surface area contributed by atoms with Gasteiger partial charge in [0, 0.05) is 27.5 Å². The first-order chi connectivity index (χ1) is 13.5. The molecule has 0 aromatic heterocycles. The van der Waals surface area contributed by atoms with E-state index in [9.17, 15) is 9.59 Å². The summed E-state index contributed by atoms with van der Waals surface area (Å²) in [6.45, 7) is 1.91. The van der Waals surface area contributed by atoms with Crippen LogP contribution in [-0.4, -0.2) is 18.2 Å². The maximum absolute atomic E-state index is 12.7. The minimum absolute atomic E-state index is 0.181. The standard InChI is InChI=1S/C22H21N3O2S/c1-15-11-12-19(28-2)14-20(15)21(26)23-17-9-6-10-18(13-17)25-22(27)24-16-7-4-3-5-8-16/h3-14H,1-2H3,(H,23,26)(H2,24,25,27). The number of para-hydroxylation sites is 1. The van der Waals surface area contributed by atoms with Crippen LogP contribution >= 0.6 is 11.8 Å². The number of hydrogen-bond donors (Lipinski definition) is 3. The van der Waals surface area contributed by atoms with Gasteiger partial charge in [0.2, 0.25) is 0 Å². The Labute approximate surface area is 168 Å². The molecule has 3 aromatic rings. The van der Waals surface area contributed by atoms with E-state index < -0.39 is 0 Å². The lowest BCUT2D eigenvalue weighted by Crippen LogP contribution is -2.19. The lowest BCUT2D eigenvalue weighted by Gasteiger charge is -2.11. The first-order valence-corrected chi connectivity index (χ1v) is 9.97. The van der Waals surface area contributed by atoms with Gasteiger partial charge in [-0.1, -0.05) is 30.3 Å². The lowest BCUT2D eigenvalue weighted by molar-refractivity contribution is 0.102. The van der Waals surface area contributed by atoms with Crippen molar-refractivity contribution in [1.82, 2.24) is 0 Å². The highest BCUT2D eigenvalue weighted by molar-refractivity contribution is 7.98. The van der Waals surface area contributed by atoms with Gasteiger partial charge in [-0.2, -0.15) is 0 Å². The van der Waals surface area contributed by atoms with Gasteiger partial charge in [-0.05, 0) is 61.2 Å². The molecule has 0 spiro atoms. The molecule has 0 saturated carbocycles. The van der Waals surface area contributed by atoms with Gasteiger partial charge >= 0.3 is 6.03 Å². The molecule has 3 aromatic carbocycles. The molecule has 3 N–H and O–H groups in total. The summed E-state index contributed by atoms with van der Waals surface area (Å²) in [6.07, 6.45) is 1.97. The SMILES string of the molecule is CSc1ccc(C)c(C(=O)Nc2cccc(NC(=O)Nc3ccccc3)c2)c1. The van der Waals surface area contributed by atoms with Crippen LogP contribution in [0.15, 0.2) is 77.7 Å². The van der Waals surface area contributed by atoms with E-state index in [1.54, 1.807) is 48.2 Å². The summed E-state index contributed by atoms with van der Waals surface area (Å²) in [7, 11) is 0. The highest BCUT2D eigenvalue weighted by Gasteiger charge is 2.11. The Balaban J connectivity index is 1.68. The minimum Gasteiger partial charge on any atom is -0.322 e. The third kappa shape index (κ3) is 5.14. The first kappa shape index (κ1) is 19.5. The molecular formula is C22H21N3O2S. The average Bonchev–Trinajstić information content (AvgIpc) is 2.69. The van der Waals surface area contributed by atoms with Crippen LogP contribution in [0.1, 0.15) is 15.9 Å². The Morgan fingerprint density at radius 2 is 1.39 bits per heavy atom. The molecule has 5 nitrogen and oxygen atoms in total. The first-order valence-electron chi connectivity index (χ1n) is 8.74. The molecule has 28 heavy (non-hydrogen) atoms. The molecular weight excluding hydrogens is 370 g/mol. The molecule has 142 valence electrons. The van der Waals surface area contributed by atoms with Crippen LogP contribution in [0.25, 0.3) is 0 Å². The van der Waals surface area contributed by atoms with Gasteiger partial charge in [0.15, 0.2) is 0 Å². The van der Waals surface area contributed by atoms with E-state index in [0.717, 1.165) is 10.5 Å². The van der Waals surface area contributed by atoms with Crippen molar-refractivity contribution in [2.75, 3.05) is 22.2 Å². The monoisotopic (exact) mass is 391 g/mol. The number of carbonyl (C=O) groups is 2. The Morgan fingerprint density at radius 3 is 2.11 bits per heavy atom.